The van der Waals surface area contributed by atoms with Crippen LogP contribution in [0.1, 0.15) is 49.1 Å². The normalized spacial score (nSPS) is 18.7. The molecule has 0 saturated heterocycles. The number of nitrogens with one attached hydrogen (secondary N) is 1. The zero-order chi connectivity index (χ0) is 23.4. The van der Waals surface area contributed by atoms with E-state index in [1.807, 2.05) is 62.4 Å². The summed E-state index contributed by atoms with van der Waals surface area (Å²) < 4.78 is 18.4. The summed E-state index contributed by atoms with van der Waals surface area (Å²) in [7, 11) is 0. The van der Waals surface area contributed by atoms with Gasteiger partial charge in [0.2, 0.25) is 0 Å². The SMILES string of the molecule is CC(=O)OC1C(OCc2ccccc2)c2cc(NCc3ccc(C)cc3)ccc2OC1(C)C. The van der Waals surface area contributed by atoms with Crippen molar-refractivity contribution in [1.82, 2.24) is 0 Å². The van der Waals surface area contributed by atoms with Crippen LogP contribution in [-0.4, -0.2) is 17.7 Å². The number of carbonyl (C=O) groups is 1. The van der Waals surface area contributed by atoms with Gasteiger partial charge < -0.3 is 19.5 Å². The van der Waals surface area contributed by atoms with Crippen molar-refractivity contribution in [3.05, 3.63) is 95.1 Å². The van der Waals surface area contributed by atoms with Gasteiger partial charge in [0.1, 0.15) is 17.5 Å². The first-order valence-electron chi connectivity index (χ1n) is 11.3. The van der Waals surface area contributed by atoms with Gasteiger partial charge in [0, 0.05) is 24.7 Å². The molecule has 5 heteroatoms. The van der Waals surface area contributed by atoms with Crippen molar-refractivity contribution in [2.75, 3.05) is 5.32 Å². The average molecular weight is 446 g/mol. The molecule has 3 aromatic carbocycles. The third-order valence-electron chi connectivity index (χ3n) is 5.83. The van der Waals surface area contributed by atoms with Gasteiger partial charge in [-0.1, -0.05) is 60.2 Å². The van der Waals surface area contributed by atoms with E-state index in [1.165, 1.54) is 18.1 Å². The highest BCUT2D eigenvalue weighted by atomic mass is 16.6. The van der Waals surface area contributed by atoms with E-state index in [2.05, 4.69) is 36.5 Å². The second-order valence-corrected chi connectivity index (χ2v) is 9.04. The number of ether oxygens (including phenoxy) is 3. The zero-order valence-electron chi connectivity index (χ0n) is 19.6. The monoisotopic (exact) mass is 445 g/mol. The lowest BCUT2D eigenvalue weighted by atomic mass is 9.87. The lowest BCUT2D eigenvalue weighted by molar-refractivity contribution is -0.183. The van der Waals surface area contributed by atoms with Crippen LogP contribution in [0.4, 0.5) is 5.69 Å². The summed E-state index contributed by atoms with van der Waals surface area (Å²) in [6, 6.07) is 24.4. The maximum Gasteiger partial charge on any atom is 0.303 e. The lowest BCUT2D eigenvalue weighted by Crippen LogP contribution is -2.51. The first kappa shape index (κ1) is 22.9. The van der Waals surface area contributed by atoms with Crippen molar-refractivity contribution < 1.29 is 19.0 Å². The molecule has 2 unspecified atom stereocenters. The van der Waals surface area contributed by atoms with Crippen molar-refractivity contribution in [3.63, 3.8) is 0 Å². The van der Waals surface area contributed by atoms with Crippen LogP contribution in [0.3, 0.4) is 0 Å². The van der Waals surface area contributed by atoms with Crippen LogP contribution in [0, 0.1) is 6.92 Å². The number of esters is 1. The number of fused-ring (bicyclic) bond motifs is 1. The number of benzene rings is 3. The van der Waals surface area contributed by atoms with Crippen LogP contribution in [0.2, 0.25) is 0 Å². The van der Waals surface area contributed by atoms with Crippen LogP contribution in [0.15, 0.2) is 72.8 Å². The summed E-state index contributed by atoms with van der Waals surface area (Å²) in [6.07, 6.45) is -1.05. The Morgan fingerprint density at radius 1 is 1.00 bits per heavy atom. The molecule has 3 aromatic rings. The topological polar surface area (TPSA) is 56.8 Å². The second-order valence-electron chi connectivity index (χ2n) is 9.04. The minimum atomic E-state index is -0.739. The number of carbonyl (C=O) groups excluding carboxylic acids is 1. The molecular weight excluding hydrogens is 414 g/mol. The molecule has 0 aromatic heterocycles. The van der Waals surface area contributed by atoms with Gasteiger partial charge in [-0.2, -0.15) is 0 Å². The Hall–Kier alpha value is -3.31. The molecule has 5 nitrogen and oxygen atoms in total. The number of hydrogen-bond acceptors (Lipinski definition) is 5. The average Bonchev–Trinajstić information content (AvgIpc) is 2.79. The summed E-state index contributed by atoms with van der Waals surface area (Å²) >= 11 is 0. The summed E-state index contributed by atoms with van der Waals surface area (Å²) in [6.45, 7) is 8.45. The Kier molecular flexibility index (Phi) is 6.70. The van der Waals surface area contributed by atoms with E-state index < -0.39 is 17.8 Å². The van der Waals surface area contributed by atoms with Crippen molar-refractivity contribution in [1.29, 1.82) is 0 Å². The molecule has 0 aliphatic carbocycles. The first-order valence-corrected chi connectivity index (χ1v) is 11.3. The summed E-state index contributed by atoms with van der Waals surface area (Å²) in [5.74, 6) is 0.379. The fourth-order valence-electron chi connectivity index (χ4n) is 4.07. The molecule has 1 N–H and O–H groups in total. The van der Waals surface area contributed by atoms with Crippen LogP contribution in [0.25, 0.3) is 0 Å². The maximum absolute atomic E-state index is 11.9. The third-order valence-corrected chi connectivity index (χ3v) is 5.83. The molecular formula is C28H31NO4. The van der Waals surface area contributed by atoms with Gasteiger partial charge in [0.15, 0.2) is 6.10 Å². The van der Waals surface area contributed by atoms with Gasteiger partial charge in [-0.25, -0.2) is 0 Å². The highest BCUT2D eigenvalue weighted by Gasteiger charge is 2.47. The van der Waals surface area contributed by atoms with Crippen LogP contribution < -0.4 is 10.1 Å². The molecule has 4 rings (SSSR count). The first-order chi connectivity index (χ1) is 15.8. The van der Waals surface area contributed by atoms with E-state index in [4.69, 9.17) is 14.2 Å². The van der Waals surface area contributed by atoms with Gasteiger partial charge in [-0.05, 0) is 50.1 Å². The molecule has 0 spiro atoms. The summed E-state index contributed by atoms with van der Waals surface area (Å²) in [5.41, 5.74) is 4.57. The van der Waals surface area contributed by atoms with E-state index in [0.29, 0.717) is 13.2 Å². The van der Waals surface area contributed by atoms with Gasteiger partial charge >= 0.3 is 5.97 Å². The van der Waals surface area contributed by atoms with Crippen molar-refractivity contribution in [2.24, 2.45) is 0 Å². The van der Waals surface area contributed by atoms with Gasteiger partial charge in [0.05, 0.1) is 6.61 Å². The highest BCUT2D eigenvalue weighted by Crippen LogP contribution is 2.44. The second kappa shape index (κ2) is 9.67. The fourth-order valence-corrected chi connectivity index (χ4v) is 4.07. The molecule has 0 saturated carbocycles. The summed E-state index contributed by atoms with van der Waals surface area (Å²) in [4.78, 5) is 11.9. The van der Waals surface area contributed by atoms with Crippen LogP contribution in [0.5, 0.6) is 5.75 Å². The zero-order valence-corrected chi connectivity index (χ0v) is 19.6. The molecule has 33 heavy (non-hydrogen) atoms. The third kappa shape index (κ3) is 5.55. The molecule has 0 amide bonds. The smallest absolute Gasteiger partial charge is 0.303 e. The van der Waals surface area contributed by atoms with E-state index in [1.54, 1.807) is 0 Å². The Labute approximate surface area is 195 Å². The highest BCUT2D eigenvalue weighted by molar-refractivity contribution is 5.66. The molecule has 1 aliphatic rings. The van der Waals surface area contributed by atoms with Crippen LogP contribution in [-0.2, 0) is 27.4 Å². The largest absolute Gasteiger partial charge is 0.483 e. The number of hydrogen-bond donors (Lipinski definition) is 1. The standard InChI is InChI=1S/C28H31NO4/c1-19-10-12-21(13-11-19)17-29-23-14-15-25-24(16-23)26(31-18-22-8-6-5-7-9-22)27(32-20(2)30)28(3,4)33-25/h5-16,26-27,29H,17-18H2,1-4H3. The minimum Gasteiger partial charge on any atom is -0.483 e. The van der Waals surface area contributed by atoms with E-state index >= 15 is 0 Å². The number of rotatable bonds is 7. The van der Waals surface area contributed by atoms with Crippen LogP contribution >= 0.6 is 0 Å². The predicted octanol–water partition coefficient (Wildman–Crippen LogP) is 5.97. The van der Waals surface area contributed by atoms with Crippen molar-refractivity contribution in [2.45, 2.75) is 58.7 Å². The molecule has 172 valence electrons. The number of anilines is 1. The molecule has 2 atom stereocenters. The van der Waals surface area contributed by atoms with Gasteiger partial charge in [-0.15, -0.1) is 0 Å². The number of aryl methyl sites for hydroxylation is 1. The molecule has 0 bridgehead atoms. The predicted molar refractivity (Wildman–Crippen MR) is 129 cm³/mol. The van der Waals surface area contributed by atoms with E-state index in [9.17, 15) is 4.79 Å². The van der Waals surface area contributed by atoms with Gasteiger partial charge in [0.25, 0.3) is 0 Å². The lowest BCUT2D eigenvalue weighted by Gasteiger charge is -2.43. The van der Waals surface area contributed by atoms with Crippen molar-refractivity contribution in [3.8, 4) is 5.75 Å². The summed E-state index contributed by atoms with van der Waals surface area (Å²) in [5, 5.41) is 3.48. The minimum absolute atomic E-state index is 0.359. The fraction of sp³-hybridized carbons (Fsp3) is 0.321. The van der Waals surface area contributed by atoms with Gasteiger partial charge in [-0.3, -0.25) is 4.79 Å². The molecule has 1 heterocycles. The van der Waals surface area contributed by atoms with E-state index in [0.717, 1.165) is 22.6 Å². The Balaban J connectivity index is 1.61. The molecule has 1 aliphatic heterocycles. The molecule has 0 radical (unpaired) electrons. The molecule has 0 fully saturated rings. The Morgan fingerprint density at radius 2 is 1.73 bits per heavy atom. The Morgan fingerprint density at radius 3 is 2.42 bits per heavy atom. The Bertz CT molecular complexity index is 1090. The maximum atomic E-state index is 11.9. The quantitative estimate of drug-likeness (QED) is 0.454. The van der Waals surface area contributed by atoms with Crippen molar-refractivity contribution >= 4 is 11.7 Å². The van der Waals surface area contributed by atoms with E-state index in [-0.39, 0.29) is 5.97 Å².